The van der Waals surface area contributed by atoms with Crippen LogP contribution in [0.15, 0.2) is 29.6 Å². The molecule has 1 aromatic heterocycles. The van der Waals surface area contributed by atoms with Gasteiger partial charge in [-0.25, -0.2) is 0 Å². The molecule has 1 amide bonds. The molecule has 5 aliphatic rings. The van der Waals surface area contributed by atoms with E-state index in [-0.39, 0.29) is 29.8 Å². The maximum absolute atomic E-state index is 12.9. The van der Waals surface area contributed by atoms with Gasteiger partial charge in [0.1, 0.15) is 6.10 Å². The van der Waals surface area contributed by atoms with Crippen LogP contribution in [0.1, 0.15) is 48.1 Å². The molecule has 33 heavy (non-hydrogen) atoms. The fraction of sp³-hybridized carbons (Fsp3) is 0.577. The first-order chi connectivity index (χ1) is 16.0. The SMILES string of the molecule is O=C(Cc1cccs1)N[C@H]1CC[C@@]2(O)[C@H]3Cc4ccc(O)c5c4[C@@]2(CCN3CC2CC2)[C@H]1O5. The maximum atomic E-state index is 12.9. The van der Waals surface area contributed by atoms with Crippen molar-refractivity contribution in [2.45, 2.75) is 74.1 Å². The number of likely N-dealkylation sites (tertiary alicyclic amines) is 1. The van der Waals surface area contributed by atoms with Crippen LogP contribution in [0.5, 0.6) is 11.5 Å². The summed E-state index contributed by atoms with van der Waals surface area (Å²) in [6.45, 7) is 1.99. The molecule has 6 nitrogen and oxygen atoms in total. The zero-order valence-corrected chi connectivity index (χ0v) is 19.4. The first-order valence-corrected chi connectivity index (χ1v) is 13.2. The highest BCUT2D eigenvalue weighted by molar-refractivity contribution is 7.10. The summed E-state index contributed by atoms with van der Waals surface area (Å²) in [6, 6.07) is 7.57. The summed E-state index contributed by atoms with van der Waals surface area (Å²) in [4.78, 5) is 16.5. The van der Waals surface area contributed by atoms with Crippen LogP contribution in [0.4, 0.5) is 0 Å². The lowest BCUT2D eigenvalue weighted by molar-refractivity contribution is -0.192. The Hall–Kier alpha value is -2.09. The molecule has 5 atom stereocenters. The Morgan fingerprint density at radius 2 is 2.12 bits per heavy atom. The monoisotopic (exact) mass is 466 g/mol. The van der Waals surface area contributed by atoms with Gasteiger partial charge >= 0.3 is 0 Å². The number of benzene rings is 1. The molecule has 0 radical (unpaired) electrons. The van der Waals surface area contributed by atoms with Crippen molar-refractivity contribution in [3.05, 3.63) is 45.6 Å². The van der Waals surface area contributed by atoms with Crippen LogP contribution in [-0.2, 0) is 23.1 Å². The Bertz CT molecular complexity index is 1120. The van der Waals surface area contributed by atoms with Crippen molar-refractivity contribution in [1.82, 2.24) is 10.2 Å². The standard InChI is InChI=1S/C26H30N2O4S/c29-19-6-5-16-12-20-26(31)8-7-18(27-21(30)13-17-2-1-11-33-17)24-25(26,22(16)23(19)32-24)9-10-28(20)14-15-3-4-15/h1-2,5-6,11,15,18,20,24,29,31H,3-4,7-10,12-14H2,(H,27,30)/t18-,20+,24-,25-,26+/m0/s1. The molecule has 3 fully saturated rings. The predicted molar refractivity (Wildman–Crippen MR) is 125 cm³/mol. The summed E-state index contributed by atoms with van der Waals surface area (Å²) in [7, 11) is 0. The van der Waals surface area contributed by atoms with Gasteiger partial charge in [0.25, 0.3) is 0 Å². The Kier molecular flexibility index (Phi) is 4.28. The van der Waals surface area contributed by atoms with Crippen molar-refractivity contribution < 1.29 is 19.7 Å². The topological polar surface area (TPSA) is 82.0 Å². The van der Waals surface area contributed by atoms with E-state index >= 15 is 0 Å². The van der Waals surface area contributed by atoms with Crippen LogP contribution in [0, 0.1) is 5.92 Å². The number of piperidine rings is 1. The lowest BCUT2D eigenvalue weighted by atomic mass is 9.48. The number of phenolic OH excluding ortho intramolecular Hbond substituents is 1. The van der Waals surface area contributed by atoms with Gasteiger partial charge in [-0.05, 0) is 74.1 Å². The van der Waals surface area contributed by atoms with Gasteiger partial charge in [-0.15, -0.1) is 11.3 Å². The van der Waals surface area contributed by atoms with E-state index in [0.717, 1.165) is 42.3 Å². The highest BCUT2D eigenvalue weighted by Gasteiger charge is 2.73. The molecule has 1 saturated heterocycles. The van der Waals surface area contributed by atoms with Gasteiger partial charge in [-0.1, -0.05) is 12.1 Å². The van der Waals surface area contributed by atoms with Crippen LogP contribution in [0.25, 0.3) is 0 Å². The molecule has 3 aliphatic carbocycles. The minimum absolute atomic E-state index is 0.00757. The fourth-order valence-electron chi connectivity index (χ4n) is 7.46. The second kappa shape index (κ2) is 6.96. The van der Waals surface area contributed by atoms with E-state index in [4.69, 9.17) is 4.74 Å². The van der Waals surface area contributed by atoms with Gasteiger partial charge in [0, 0.05) is 23.0 Å². The molecule has 2 aliphatic heterocycles. The van der Waals surface area contributed by atoms with Crippen LogP contribution in [-0.4, -0.2) is 57.9 Å². The first-order valence-electron chi connectivity index (χ1n) is 12.3. The number of carbonyl (C=O) groups excluding carboxylic acids is 1. The number of aliphatic hydroxyl groups is 1. The van der Waals surface area contributed by atoms with E-state index in [1.165, 1.54) is 18.4 Å². The molecule has 1 spiro atoms. The molecule has 7 rings (SSSR count). The number of nitrogens with one attached hydrogen (secondary N) is 1. The summed E-state index contributed by atoms with van der Waals surface area (Å²) in [6.07, 6.45) is 5.48. The third-order valence-corrected chi connectivity index (χ3v) is 9.90. The van der Waals surface area contributed by atoms with Crippen molar-refractivity contribution in [3.8, 4) is 11.5 Å². The number of thiophene rings is 1. The van der Waals surface area contributed by atoms with Crippen LogP contribution >= 0.6 is 11.3 Å². The molecule has 0 unspecified atom stereocenters. The average Bonchev–Trinajstić information content (AvgIpc) is 3.31. The van der Waals surface area contributed by atoms with E-state index in [9.17, 15) is 15.0 Å². The lowest BCUT2D eigenvalue weighted by Gasteiger charge is -2.64. The van der Waals surface area contributed by atoms with E-state index in [2.05, 4.69) is 10.2 Å². The lowest BCUT2D eigenvalue weighted by Crippen LogP contribution is -2.78. The predicted octanol–water partition coefficient (Wildman–Crippen LogP) is 2.75. The van der Waals surface area contributed by atoms with Gasteiger partial charge in [-0.3, -0.25) is 9.69 Å². The molecule has 3 N–H and O–H groups in total. The average molecular weight is 467 g/mol. The van der Waals surface area contributed by atoms with E-state index in [1.807, 2.05) is 23.6 Å². The Morgan fingerprint density at radius 3 is 2.91 bits per heavy atom. The first kappa shape index (κ1) is 20.3. The summed E-state index contributed by atoms with van der Waals surface area (Å²) < 4.78 is 6.51. The number of hydrogen-bond donors (Lipinski definition) is 3. The molecular formula is C26H30N2O4S. The Morgan fingerprint density at radius 1 is 1.24 bits per heavy atom. The summed E-state index contributed by atoms with van der Waals surface area (Å²) in [5.74, 6) is 1.43. The second-order valence-electron chi connectivity index (χ2n) is 10.8. The second-order valence-corrected chi connectivity index (χ2v) is 11.8. The fourth-order valence-corrected chi connectivity index (χ4v) is 8.16. The van der Waals surface area contributed by atoms with Crippen molar-refractivity contribution in [3.63, 3.8) is 0 Å². The van der Waals surface area contributed by atoms with E-state index < -0.39 is 11.0 Å². The van der Waals surface area contributed by atoms with E-state index in [0.29, 0.717) is 25.0 Å². The maximum Gasteiger partial charge on any atom is 0.225 e. The molecule has 7 heteroatoms. The van der Waals surface area contributed by atoms with Crippen LogP contribution in [0.2, 0.25) is 0 Å². The molecule has 3 heterocycles. The van der Waals surface area contributed by atoms with Gasteiger partial charge in [0.15, 0.2) is 11.5 Å². The number of phenols is 1. The minimum Gasteiger partial charge on any atom is -0.504 e. The Labute approximate surface area is 197 Å². The summed E-state index contributed by atoms with van der Waals surface area (Å²) in [5.41, 5.74) is 0.699. The number of hydrogen-bond acceptors (Lipinski definition) is 6. The number of nitrogens with zero attached hydrogens (tertiary/aromatic N) is 1. The number of ether oxygens (including phenoxy) is 1. The molecule has 174 valence electrons. The number of aromatic hydroxyl groups is 1. The van der Waals surface area contributed by atoms with Crippen molar-refractivity contribution in [2.75, 3.05) is 13.1 Å². The molecule has 2 saturated carbocycles. The van der Waals surface area contributed by atoms with Crippen LogP contribution in [0.3, 0.4) is 0 Å². The number of rotatable bonds is 5. The van der Waals surface area contributed by atoms with Crippen molar-refractivity contribution in [2.24, 2.45) is 5.92 Å². The van der Waals surface area contributed by atoms with Gasteiger partial charge in [0.05, 0.1) is 23.5 Å². The van der Waals surface area contributed by atoms with E-state index in [1.54, 1.807) is 17.4 Å². The quantitative estimate of drug-likeness (QED) is 0.631. The largest absolute Gasteiger partial charge is 0.504 e. The number of carbonyl (C=O) groups is 1. The summed E-state index contributed by atoms with van der Waals surface area (Å²) in [5, 5.41) is 28.4. The highest BCUT2D eigenvalue weighted by atomic mass is 32.1. The minimum atomic E-state index is -0.911. The van der Waals surface area contributed by atoms with Gasteiger partial charge in [0.2, 0.25) is 5.91 Å². The zero-order chi connectivity index (χ0) is 22.4. The van der Waals surface area contributed by atoms with Crippen molar-refractivity contribution in [1.29, 1.82) is 0 Å². The van der Waals surface area contributed by atoms with Gasteiger partial charge in [-0.2, -0.15) is 0 Å². The third-order valence-electron chi connectivity index (χ3n) is 9.02. The molecule has 2 aromatic rings. The highest BCUT2D eigenvalue weighted by Crippen LogP contribution is 2.65. The smallest absolute Gasteiger partial charge is 0.225 e. The third kappa shape index (κ3) is 2.76. The zero-order valence-electron chi connectivity index (χ0n) is 18.6. The summed E-state index contributed by atoms with van der Waals surface area (Å²) >= 11 is 1.59. The molecule has 1 aromatic carbocycles. The van der Waals surface area contributed by atoms with Crippen LogP contribution < -0.4 is 10.1 Å². The molecular weight excluding hydrogens is 436 g/mol. The Balaban J connectivity index is 1.27. The number of amides is 1. The van der Waals surface area contributed by atoms with Gasteiger partial charge < -0.3 is 20.3 Å². The molecule has 2 bridgehead atoms. The van der Waals surface area contributed by atoms with Crippen molar-refractivity contribution >= 4 is 17.2 Å². The normalized spacial score (nSPS) is 36.2.